The Labute approximate surface area is 213 Å². The Bertz CT molecular complexity index is 1250. The molecule has 2 aliphatic rings. The molecule has 0 aromatic heterocycles. The second kappa shape index (κ2) is 10.5. The normalized spacial score (nSPS) is 16.8. The fourth-order valence-corrected chi connectivity index (χ4v) is 4.98. The second-order valence-corrected chi connectivity index (χ2v) is 9.67. The van der Waals surface area contributed by atoms with Crippen molar-refractivity contribution in [1.29, 1.82) is 0 Å². The lowest BCUT2D eigenvalue weighted by Crippen LogP contribution is -2.56. The number of rotatable bonds is 6. The molecule has 0 radical (unpaired) electrons. The molecule has 3 aromatic carbocycles. The van der Waals surface area contributed by atoms with E-state index in [1.54, 1.807) is 0 Å². The zero-order valence-electron chi connectivity index (χ0n) is 21.4. The number of anilines is 1. The minimum Gasteiger partial charge on any atom is -0.484 e. The minimum atomic E-state index is 0.0355. The van der Waals surface area contributed by atoms with Crippen molar-refractivity contribution in [3.63, 3.8) is 0 Å². The summed E-state index contributed by atoms with van der Waals surface area (Å²) < 4.78 is 5.72. The first kappa shape index (κ1) is 24.1. The van der Waals surface area contributed by atoms with Gasteiger partial charge in [0.15, 0.2) is 6.61 Å². The van der Waals surface area contributed by atoms with Crippen LogP contribution in [-0.4, -0.2) is 60.4 Å². The molecule has 0 N–H and O–H groups in total. The number of aryl methyl sites for hydroxylation is 2. The van der Waals surface area contributed by atoms with Gasteiger partial charge in [0.2, 0.25) is 0 Å². The van der Waals surface area contributed by atoms with Crippen molar-refractivity contribution in [3.8, 4) is 5.75 Å². The molecule has 1 unspecified atom stereocenters. The smallest absolute Gasteiger partial charge is 0.260 e. The lowest BCUT2D eigenvalue weighted by molar-refractivity contribution is -0.135. The van der Waals surface area contributed by atoms with E-state index in [1.807, 2.05) is 36.1 Å². The number of carbonyl (C=O) groups excluding carboxylic acids is 1. The molecule has 36 heavy (non-hydrogen) atoms. The molecule has 1 saturated heterocycles. The van der Waals surface area contributed by atoms with Crippen LogP contribution in [0.4, 0.5) is 11.4 Å². The molecule has 2 heterocycles. The third kappa shape index (κ3) is 5.14. The molecule has 0 aliphatic carbocycles. The van der Waals surface area contributed by atoms with Crippen molar-refractivity contribution in [2.45, 2.75) is 33.4 Å². The van der Waals surface area contributed by atoms with Gasteiger partial charge in [-0.3, -0.25) is 9.69 Å². The Morgan fingerprint density at radius 3 is 2.36 bits per heavy atom. The average molecular weight is 483 g/mol. The summed E-state index contributed by atoms with van der Waals surface area (Å²) in [6.45, 7) is 10.3. The summed E-state index contributed by atoms with van der Waals surface area (Å²) in [6, 6.07) is 24.8. The van der Waals surface area contributed by atoms with E-state index in [0.717, 1.165) is 36.9 Å². The SMILES string of the molecule is Cc1ccc(OCC(=O)N2CCN(C(C)C3=Nc4ccccc4CN3c3ccccc3C)CC2)cc1. The number of para-hydroxylation sites is 2. The molecule has 0 bridgehead atoms. The molecule has 1 fully saturated rings. The number of amides is 1. The first-order valence-corrected chi connectivity index (χ1v) is 12.7. The monoisotopic (exact) mass is 482 g/mol. The summed E-state index contributed by atoms with van der Waals surface area (Å²) in [5.41, 5.74) is 5.89. The van der Waals surface area contributed by atoms with Crippen LogP contribution in [0.15, 0.2) is 77.8 Å². The van der Waals surface area contributed by atoms with Crippen molar-refractivity contribution < 1.29 is 9.53 Å². The van der Waals surface area contributed by atoms with Crippen LogP contribution in [-0.2, 0) is 11.3 Å². The summed E-state index contributed by atoms with van der Waals surface area (Å²) in [6.07, 6.45) is 0. The maximum absolute atomic E-state index is 12.8. The Balaban J connectivity index is 1.26. The standard InChI is InChI=1S/C30H34N4O2/c1-22-12-14-26(15-13-22)36-21-29(35)33-18-16-32(17-19-33)24(3)30-31-27-10-6-5-9-25(27)20-34(30)28-11-7-4-8-23(28)2/h4-15,24H,16-21H2,1-3H3. The highest BCUT2D eigenvalue weighted by Gasteiger charge is 2.32. The number of aliphatic imine (C=N–C) groups is 1. The number of benzene rings is 3. The van der Waals surface area contributed by atoms with Gasteiger partial charge in [-0.2, -0.15) is 0 Å². The van der Waals surface area contributed by atoms with Crippen LogP contribution in [0.5, 0.6) is 5.75 Å². The van der Waals surface area contributed by atoms with Gasteiger partial charge >= 0.3 is 0 Å². The van der Waals surface area contributed by atoms with Crippen LogP contribution < -0.4 is 9.64 Å². The molecule has 1 amide bonds. The lowest BCUT2D eigenvalue weighted by Gasteiger charge is -2.42. The summed E-state index contributed by atoms with van der Waals surface area (Å²) in [5.74, 6) is 1.83. The number of hydrogen-bond acceptors (Lipinski definition) is 5. The molecule has 3 aromatic rings. The third-order valence-electron chi connectivity index (χ3n) is 7.21. The van der Waals surface area contributed by atoms with E-state index in [4.69, 9.17) is 9.73 Å². The first-order valence-electron chi connectivity index (χ1n) is 12.7. The highest BCUT2D eigenvalue weighted by Crippen LogP contribution is 2.32. The third-order valence-corrected chi connectivity index (χ3v) is 7.21. The van der Waals surface area contributed by atoms with Crippen molar-refractivity contribution in [2.75, 3.05) is 37.7 Å². The van der Waals surface area contributed by atoms with Crippen LogP contribution in [0.25, 0.3) is 0 Å². The van der Waals surface area contributed by atoms with Crippen LogP contribution >= 0.6 is 0 Å². The minimum absolute atomic E-state index is 0.0355. The van der Waals surface area contributed by atoms with Crippen molar-refractivity contribution in [2.24, 2.45) is 4.99 Å². The van der Waals surface area contributed by atoms with Gasteiger partial charge in [0, 0.05) is 31.9 Å². The quantitative estimate of drug-likeness (QED) is 0.498. The fraction of sp³-hybridized carbons (Fsp3) is 0.333. The lowest BCUT2D eigenvalue weighted by atomic mass is 10.0. The Kier molecular flexibility index (Phi) is 7.05. The van der Waals surface area contributed by atoms with Gasteiger partial charge < -0.3 is 14.5 Å². The average Bonchev–Trinajstić information content (AvgIpc) is 2.92. The molecule has 6 nitrogen and oxygen atoms in total. The van der Waals surface area contributed by atoms with E-state index in [9.17, 15) is 4.79 Å². The van der Waals surface area contributed by atoms with E-state index in [-0.39, 0.29) is 18.6 Å². The Hall–Kier alpha value is -3.64. The van der Waals surface area contributed by atoms with Crippen molar-refractivity contribution in [3.05, 3.63) is 89.5 Å². The van der Waals surface area contributed by atoms with Crippen molar-refractivity contribution in [1.82, 2.24) is 9.80 Å². The van der Waals surface area contributed by atoms with Crippen LogP contribution in [0.3, 0.4) is 0 Å². The molecule has 186 valence electrons. The fourth-order valence-electron chi connectivity index (χ4n) is 4.98. The Morgan fingerprint density at radius 2 is 1.61 bits per heavy atom. The van der Waals surface area contributed by atoms with Crippen molar-refractivity contribution >= 4 is 23.1 Å². The van der Waals surface area contributed by atoms with Crippen LogP contribution in [0, 0.1) is 13.8 Å². The van der Waals surface area contributed by atoms with Gasteiger partial charge in [0.05, 0.1) is 18.3 Å². The highest BCUT2D eigenvalue weighted by molar-refractivity contribution is 6.04. The molecule has 2 aliphatic heterocycles. The summed E-state index contributed by atoms with van der Waals surface area (Å²) >= 11 is 0. The molecule has 0 saturated carbocycles. The maximum atomic E-state index is 12.8. The van der Waals surface area contributed by atoms with E-state index in [2.05, 4.69) is 72.2 Å². The second-order valence-electron chi connectivity index (χ2n) is 9.67. The topological polar surface area (TPSA) is 48.4 Å². The zero-order chi connectivity index (χ0) is 25.1. The van der Waals surface area contributed by atoms with Crippen LogP contribution in [0.2, 0.25) is 0 Å². The zero-order valence-corrected chi connectivity index (χ0v) is 21.4. The number of fused-ring (bicyclic) bond motifs is 1. The van der Waals surface area contributed by atoms with Gasteiger partial charge in [0.25, 0.3) is 5.91 Å². The molecule has 1 atom stereocenters. The molecular formula is C30H34N4O2. The number of carbonyl (C=O) groups is 1. The van der Waals surface area contributed by atoms with Gasteiger partial charge in [-0.25, -0.2) is 4.99 Å². The highest BCUT2D eigenvalue weighted by atomic mass is 16.5. The molecule has 6 heteroatoms. The van der Waals surface area contributed by atoms with E-state index >= 15 is 0 Å². The van der Waals surface area contributed by atoms with Gasteiger partial charge in [0.1, 0.15) is 11.6 Å². The van der Waals surface area contributed by atoms with E-state index in [0.29, 0.717) is 13.1 Å². The first-order chi connectivity index (χ1) is 17.5. The predicted octanol–water partition coefficient (Wildman–Crippen LogP) is 4.97. The van der Waals surface area contributed by atoms with Gasteiger partial charge in [-0.05, 0) is 56.2 Å². The molecule has 0 spiro atoms. The Morgan fingerprint density at radius 1 is 0.917 bits per heavy atom. The number of hydrogen-bond donors (Lipinski definition) is 0. The summed E-state index contributed by atoms with van der Waals surface area (Å²) in [5, 5.41) is 0. The number of nitrogens with zero attached hydrogens (tertiary/aromatic N) is 4. The van der Waals surface area contributed by atoms with Crippen LogP contribution in [0.1, 0.15) is 23.6 Å². The molecular weight excluding hydrogens is 448 g/mol. The predicted molar refractivity (Wildman–Crippen MR) is 145 cm³/mol. The number of amidine groups is 1. The number of ether oxygens (including phenoxy) is 1. The van der Waals surface area contributed by atoms with E-state index < -0.39 is 0 Å². The largest absolute Gasteiger partial charge is 0.484 e. The summed E-state index contributed by atoms with van der Waals surface area (Å²) in [4.78, 5) is 24.6. The number of piperazine rings is 1. The maximum Gasteiger partial charge on any atom is 0.260 e. The summed E-state index contributed by atoms with van der Waals surface area (Å²) in [7, 11) is 0. The molecule has 5 rings (SSSR count). The van der Waals surface area contributed by atoms with Gasteiger partial charge in [-0.1, -0.05) is 54.1 Å². The van der Waals surface area contributed by atoms with E-state index in [1.165, 1.54) is 22.4 Å². The van der Waals surface area contributed by atoms with Gasteiger partial charge in [-0.15, -0.1) is 0 Å².